The topological polar surface area (TPSA) is 70.4 Å². The molecule has 1 aromatic heterocycles. The Morgan fingerprint density at radius 3 is 2.73 bits per heavy atom. The third kappa shape index (κ3) is 5.45. The summed E-state index contributed by atoms with van der Waals surface area (Å²) in [6.07, 6.45) is 5.95. The van der Waals surface area contributed by atoms with Crippen LogP contribution in [-0.2, 0) is 20.1 Å². The minimum atomic E-state index is 0. The highest BCUT2D eigenvalue weighted by Crippen LogP contribution is 2.18. The molecule has 8 heteroatoms. The van der Waals surface area contributed by atoms with Crippen molar-refractivity contribution in [2.24, 2.45) is 12.0 Å². The van der Waals surface area contributed by atoms with Gasteiger partial charge in [0.2, 0.25) is 0 Å². The zero-order valence-corrected chi connectivity index (χ0v) is 17.6. The van der Waals surface area contributed by atoms with E-state index in [2.05, 4.69) is 73.9 Å². The second-order valence-corrected chi connectivity index (χ2v) is 5.89. The highest BCUT2D eigenvalue weighted by molar-refractivity contribution is 14.0. The average Bonchev–Trinajstić information content (AvgIpc) is 3.29. The van der Waals surface area contributed by atoms with Gasteiger partial charge in [0.1, 0.15) is 12.2 Å². The number of benzene rings is 1. The molecule has 0 saturated carbocycles. The Kier molecular flexibility index (Phi) is 7.89. The van der Waals surface area contributed by atoms with Crippen LogP contribution in [0, 0.1) is 0 Å². The molecule has 0 unspecified atom stereocenters. The van der Waals surface area contributed by atoms with E-state index in [1.54, 1.807) is 11.0 Å². The van der Waals surface area contributed by atoms with Crippen LogP contribution >= 0.6 is 24.0 Å². The SMILES string of the molecule is CCNC(=NCc1cccc(N2CC=CC2)c1)NCc1ncnn1C.I. The van der Waals surface area contributed by atoms with Gasteiger partial charge in [-0.3, -0.25) is 4.68 Å². The molecule has 3 rings (SSSR count). The van der Waals surface area contributed by atoms with Gasteiger partial charge >= 0.3 is 0 Å². The van der Waals surface area contributed by atoms with Crippen molar-refractivity contribution in [1.82, 2.24) is 25.4 Å². The molecular weight excluding hydrogens is 441 g/mol. The lowest BCUT2D eigenvalue weighted by molar-refractivity contribution is 0.673. The van der Waals surface area contributed by atoms with Crippen molar-refractivity contribution in [2.45, 2.75) is 20.0 Å². The van der Waals surface area contributed by atoms with Crippen molar-refractivity contribution in [3.8, 4) is 0 Å². The average molecular weight is 467 g/mol. The molecule has 0 fully saturated rings. The summed E-state index contributed by atoms with van der Waals surface area (Å²) in [5, 5.41) is 10.6. The monoisotopic (exact) mass is 467 g/mol. The first-order valence-corrected chi connectivity index (χ1v) is 8.60. The largest absolute Gasteiger partial charge is 0.364 e. The zero-order chi connectivity index (χ0) is 17.5. The van der Waals surface area contributed by atoms with Crippen LogP contribution in [0.4, 0.5) is 5.69 Å². The molecular formula is C18H26IN7. The number of aliphatic imine (C=N–C) groups is 1. The molecule has 0 saturated heterocycles. The van der Waals surface area contributed by atoms with Crippen molar-refractivity contribution in [3.05, 3.63) is 54.1 Å². The van der Waals surface area contributed by atoms with Crippen LogP contribution in [0.15, 0.2) is 47.7 Å². The number of halogens is 1. The molecule has 140 valence electrons. The summed E-state index contributed by atoms with van der Waals surface area (Å²) in [4.78, 5) is 11.2. The molecule has 2 aromatic rings. The Morgan fingerprint density at radius 1 is 1.23 bits per heavy atom. The lowest BCUT2D eigenvalue weighted by Gasteiger charge is -2.18. The molecule has 2 heterocycles. The fourth-order valence-electron chi connectivity index (χ4n) is 2.70. The van der Waals surface area contributed by atoms with Crippen molar-refractivity contribution in [1.29, 1.82) is 0 Å². The molecule has 0 radical (unpaired) electrons. The van der Waals surface area contributed by atoms with Gasteiger partial charge in [-0.2, -0.15) is 5.10 Å². The molecule has 0 aliphatic carbocycles. The minimum absolute atomic E-state index is 0. The maximum absolute atomic E-state index is 4.68. The number of nitrogens with zero attached hydrogens (tertiary/aromatic N) is 5. The van der Waals surface area contributed by atoms with Crippen LogP contribution in [-0.4, -0.2) is 40.4 Å². The normalized spacial score (nSPS) is 13.6. The quantitative estimate of drug-likeness (QED) is 0.295. The third-order valence-electron chi connectivity index (χ3n) is 4.08. The molecule has 0 spiro atoms. The number of rotatable bonds is 6. The standard InChI is InChI=1S/C18H25N7.HI/c1-3-19-18(21-13-17-22-14-23-24(17)2)20-12-15-7-6-8-16(11-15)25-9-4-5-10-25;/h4-8,11,14H,3,9-10,12-13H2,1-2H3,(H2,19,20,21);1H. The smallest absolute Gasteiger partial charge is 0.191 e. The van der Waals surface area contributed by atoms with Gasteiger partial charge in [-0.25, -0.2) is 9.98 Å². The van der Waals surface area contributed by atoms with E-state index in [4.69, 9.17) is 0 Å². The van der Waals surface area contributed by atoms with E-state index >= 15 is 0 Å². The first kappa shape index (κ1) is 20.2. The summed E-state index contributed by atoms with van der Waals surface area (Å²) < 4.78 is 1.75. The molecule has 1 aliphatic heterocycles. The number of hydrogen-bond acceptors (Lipinski definition) is 4. The van der Waals surface area contributed by atoms with Crippen molar-refractivity contribution >= 4 is 35.6 Å². The van der Waals surface area contributed by atoms with Crippen molar-refractivity contribution in [3.63, 3.8) is 0 Å². The lowest BCUT2D eigenvalue weighted by Crippen LogP contribution is -2.37. The molecule has 26 heavy (non-hydrogen) atoms. The Morgan fingerprint density at radius 2 is 2.04 bits per heavy atom. The molecule has 2 N–H and O–H groups in total. The molecule has 1 aliphatic rings. The van der Waals surface area contributed by atoms with Gasteiger partial charge in [-0.05, 0) is 24.6 Å². The first-order valence-electron chi connectivity index (χ1n) is 8.60. The summed E-state index contributed by atoms with van der Waals surface area (Å²) in [6.45, 7) is 6.04. The number of aryl methyl sites for hydroxylation is 1. The van der Waals surface area contributed by atoms with E-state index in [1.807, 2.05) is 7.05 Å². The van der Waals surface area contributed by atoms with Crippen LogP contribution in [0.2, 0.25) is 0 Å². The summed E-state index contributed by atoms with van der Waals surface area (Å²) in [6, 6.07) is 8.57. The van der Waals surface area contributed by atoms with Crippen LogP contribution in [0.5, 0.6) is 0 Å². The predicted molar refractivity (Wildman–Crippen MR) is 116 cm³/mol. The van der Waals surface area contributed by atoms with Gasteiger partial charge in [0.15, 0.2) is 5.96 Å². The number of hydrogen-bond donors (Lipinski definition) is 2. The van der Waals surface area contributed by atoms with E-state index in [0.29, 0.717) is 13.1 Å². The fraction of sp³-hybridized carbons (Fsp3) is 0.389. The van der Waals surface area contributed by atoms with Gasteiger partial charge in [0.25, 0.3) is 0 Å². The van der Waals surface area contributed by atoms with E-state index in [1.165, 1.54) is 11.3 Å². The second kappa shape index (κ2) is 10.1. The number of nitrogens with one attached hydrogen (secondary N) is 2. The van der Waals surface area contributed by atoms with Gasteiger partial charge in [-0.1, -0.05) is 24.3 Å². The van der Waals surface area contributed by atoms with Crippen LogP contribution < -0.4 is 15.5 Å². The van der Waals surface area contributed by atoms with Gasteiger partial charge in [0.05, 0.1) is 13.1 Å². The van der Waals surface area contributed by atoms with Gasteiger partial charge in [0, 0.05) is 32.4 Å². The Hall–Kier alpha value is -2.10. The number of anilines is 1. The molecule has 1 aromatic carbocycles. The fourth-order valence-corrected chi connectivity index (χ4v) is 2.70. The minimum Gasteiger partial charge on any atom is -0.364 e. The van der Waals surface area contributed by atoms with Crippen molar-refractivity contribution < 1.29 is 0 Å². The maximum Gasteiger partial charge on any atom is 0.191 e. The summed E-state index contributed by atoms with van der Waals surface area (Å²) in [7, 11) is 1.88. The summed E-state index contributed by atoms with van der Waals surface area (Å²) in [5.41, 5.74) is 2.44. The van der Waals surface area contributed by atoms with E-state index in [-0.39, 0.29) is 24.0 Å². The predicted octanol–water partition coefficient (Wildman–Crippen LogP) is 2.06. The van der Waals surface area contributed by atoms with Gasteiger partial charge in [-0.15, -0.1) is 24.0 Å². The van der Waals surface area contributed by atoms with E-state index in [9.17, 15) is 0 Å². The summed E-state index contributed by atoms with van der Waals surface area (Å²) in [5.74, 6) is 1.65. The Labute approximate surface area is 171 Å². The van der Waals surface area contributed by atoms with Crippen LogP contribution in [0.25, 0.3) is 0 Å². The number of aromatic nitrogens is 3. The highest BCUT2D eigenvalue weighted by atomic mass is 127. The highest BCUT2D eigenvalue weighted by Gasteiger charge is 2.08. The second-order valence-electron chi connectivity index (χ2n) is 5.89. The molecule has 0 amide bonds. The van der Waals surface area contributed by atoms with Crippen LogP contribution in [0.1, 0.15) is 18.3 Å². The first-order chi connectivity index (χ1) is 12.3. The maximum atomic E-state index is 4.68. The van der Waals surface area contributed by atoms with E-state index in [0.717, 1.165) is 31.4 Å². The molecule has 0 atom stereocenters. The van der Waals surface area contributed by atoms with Crippen LogP contribution in [0.3, 0.4) is 0 Å². The van der Waals surface area contributed by atoms with Gasteiger partial charge < -0.3 is 15.5 Å². The lowest BCUT2D eigenvalue weighted by atomic mass is 10.2. The van der Waals surface area contributed by atoms with E-state index < -0.39 is 0 Å². The Bertz CT molecular complexity index is 746. The van der Waals surface area contributed by atoms with Crippen molar-refractivity contribution in [2.75, 3.05) is 24.5 Å². The summed E-state index contributed by atoms with van der Waals surface area (Å²) >= 11 is 0. The number of guanidine groups is 1. The Balaban J connectivity index is 0.00000243. The zero-order valence-electron chi connectivity index (χ0n) is 15.2. The third-order valence-corrected chi connectivity index (χ3v) is 4.08. The molecule has 0 bridgehead atoms. The molecule has 7 nitrogen and oxygen atoms in total.